The van der Waals surface area contributed by atoms with Crippen molar-refractivity contribution in [3.05, 3.63) is 24.3 Å². The molecule has 0 aliphatic heterocycles. The summed E-state index contributed by atoms with van der Waals surface area (Å²) in [7, 11) is 1.64. The molecule has 0 bridgehead atoms. The standard InChI is InChI=1S/C18H29N3O3.HI/c1-4-19-17(21-12-18(13-22)8-9-18)20-11-14(2)24-16-7-5-6-15(10-16)23-3;/h5-7,10,14,22H,4,8-9,11-13H2,1-3H3,(H2,19,20,21);1H. The minimum Gasteiger partial charge on any atom is -0.497 e. The number of aliphatic hydroxyl groups is 1. The highest BCUT2D eigenvalue weighted by Crippen LogP contribution is 2.45. The molecule has 1 saturated carbocycles. The Kier molecular flexibility index (Phi) is 9.34. The maximum absolute atomic E-state index is 9.38. The lowest BCUT2D eigenvalue weighted by Gasteiger charge is -2.18. The fraction of sp³-hybridized carbons (Fsp3) is 0.611. The molecule has 1 aliphatic carbocycles. The van der Waals surface area contributed by atoms with Crippen LogP contribution in [0.5, 0.6) is 11.5 Å². The molecule has 1 fully saturated rings. The third kappa shape index (κ3) is 7.27. The summed E-state index contributed by atoms with van der Waals surface area (Å²) in [6.45, 7) is 6.34. The van der Waals surface area contributed by atoms with E-state index in [0.29, 0.717) is 13.1 Å². The van der Waals surface area contributed by atoms with Crippen molar-refractivity contribution in [1.82, 2.24) is 10.6 Å². The lowest BCUT2D eigenvalue weighted by Crippen LogP contribution is -2.42. The predicted octanol–water partition coefficient (Wildman–Crippen LogP) is 2.41. The number of nitrogens with zero attached hydrogens (tertiary/aromatic N) is 1. The minimum absolute atomic E-state index is 0. The van der Waals surface area contributed by atoms with E-state index in [9.17, 15) is 5.11 Å². The van der Waals surface area contributed by atoms with Crippen molar-refractivity contribution >= 4 is 29.9 Å². The van der Waals surface area contributed by atoms with E-state index in [1.807, 2.05) is 38.1 Å². The van der Waals surface area contributed by atoms with Crippen LogP contribution in [0.15, 0.2) is 29.3 Å². The van der Waals surface area contributed by atoms with Gasteiger partial charge in [-0.1, -0.05) is 6.07 Å². The molecule has 0 saturated heterocycles. The first-order valence-corrected chi connectivity index (χ1v) is 8.54. The molecule has 2 rings (SSSR count). The van der Waals surface area contributed by atoms with E-state index >= 15 is 0 Å². The van der Waals surface area contributed by atoms with Crippen LogP contribution in [0.4, 0.5) is 0 Å². The van der Waals surface area contributed by atoms with Gasteiger partial charge in [0.25, 0.3) is 0 Å². The molecule has 3 N–H and O–H groups in total. The first-order valence-electron chi connectivity index (χ1n) is 8.54. The molecule has 0 spiro atoms. The molecule has 1 aromatic carbocycles. The summed E-state index contributed by atoms with van der Waals surface area (Å²) < 4.78 is 11.1. The average molecular weight is 463 g/mol. The minimum atomic E-state index is -0.0197. The van der Waals surface area contributed by atoms with Crippen LogP contribution in [-0.2, 0) is 0 Å². The lowest BCUT2D eigenvalue weighted by atomic mass is 10.1. The highest BCUT2D eigenvalue weighted by molar-refractivity contribution is 14.0. The van der Waals surface area contributed by atoms with E-state index in [1.54, 1.807) is 7.11 Å². The zero-order chi connectivity index (χ0) is 17.4. The molecule has 0 amide bonds. The van der Waals surface area contributed by atoms with Gasteiger partial charge in [0.05, 0.1) is 26.8 Å². The molecule has 6 nitrogen and oxygen atoms in total. The Labute approximate surface area is 167 Å². The zero-order valence-corrected chi connectivity index (χ0v) is 17.6. The fourth-order valence-electron chi connectivity index (χ4n) is 2.32. The van der Waals surface area contributed by atoms with Crippen molar-refractivity contribution in [2.24, 2.45) is 10.4 Å². The number of rotatable bonds is 9. The lowest BCUT2D eigenvalue weighted by molar-refractivity contribution is 0.216. The van der Waals surface area contributed by atoms with Crippen LogP contribution < -0.4 is 20.1 Å². The first kappa shape index (κ1) is 21.8. The Morgan fingerprint density at radius 1 is 1.32 bits per heavy atom. The summed E-state index contributed by atoms with van der Waals surface area (Å²) in [5.41, 5.74) is 0.0189. The van der Waals surface area contributed by atoms with E-state index in [-0.39, 0.29) is 42.1 Å². The van der Waals surface area contributed by atoms with Crippen molar-refractivity contribution in [2.75, 3.05) is 33.4 Å². The van der Waals surface area contributed by atoms with E-state index in [1.165, 1.54) is 0 Å². The maximum Gasteiger partial charge on any atom is 0.191 e. The average Bonchev–Trinajstić information content (AvgIpc) is 3.38. The van der Waals surface area contributed by atoms with Gasteiger partial charge in [-0.2, -0.15) is 0 Å². The van der Waals surface area contributed by atoms with Gasteiger partial charge in [0.2, 0.25) is 0 Å². The first-order chi connectivity index (χ1) is 11.6. The van der Waals surface area contributed by atoms with Gasteiger partial charge in [-0.25, -0.2) is 0 Å². The monoisotopic (exact) mass is 463 g/mol. The van der Waals surface area contributed by atoms with E-state index in [4.69, 9.17) is 9.47 Å². The van der Waals surface area contributed by atoms with Crippen molar-refractivity contribution in [3.63, 3.8) is 0 Å². The molecule has 142 valence electrons. The molecule has 1 unspecified atom stereocenters. The van der Waals surface area contributed by atoms with Gasteiger partial charge < -0.3 is 25.2 Å². The van der Waals surface area contributed by atoms with E-state index in [0.717, 1.165) is 36.8 Å². The van der Waals surface area contributed by atoms with Crippen molar-refractivity contribution < 1.29 is 14.6 Å². The normalized spacial score (nSPS) is 16.4. The molecule has 1 aromatic rings. The number of halogens is 1. The summed E-state index contributed by atoms with van der Waals surface area (Å²) in [6, 6.07) is 7.58. The summed E-state index contributed by atoms with van der Waals surface area (Å²) >= 11 is 0. The largest absolute Gasteiger partial charge is 0.497 e. The highest BCUT2D eigenvalue weighted by Gasteiger charge is 2.41. The zero-order valence-electron chi connectivity index (χ0n) is 15.2. The van der Waals surface area contributed by atoms with E-state index < -0.39 is 0 Å². The fourth-order valence-corrected chi connectivity index (χ4v) is 2.32. The molecule has 1 atom stereocenters. The van der Waals surface area contributed by atoms with E-state index in [2.05, 4.69) is 15.6 Å². The number of ether oxygens (including phenoxy) is 2. The molecular formula is C18H30IN3O3. The number of guanidine groups is 1. The summed E-state index contributed by atoms with van der Waals surface area (Å²) in [4.78, 5) is 4.58. The smallest absolute Gasteiger partial charge is 0.191 e. The van der Waals surface area contributed by atoms with Crippen molar-refractivity contribution in [2.45, 2.75) is 32.8 Å². The topological polar surface area (TPSA) is 75.1 Å². The second kappa shape index (κ2) is 10.7. The summed E-state index contributed by atoms with van der Waals surface area (Å²) in [5, 5.41) is 15.9. The van der Waals surface area contributed by atoms with Crippen LogP contribution in [0.3, 0.4) is 0 Å². The Morgan fingerprint density at radius 2 is 2.04 bits per heavy atom. The number of hydrogen-bond acceptors (Lipinski definition) is 4. The molecule has 1 aliphatic rings. The van der Waals surface area contributed by atoms with Gasteiger partial charge in [-0.3, -0.25) is 4.99 Å². The Hall–Kier alpha value is -1.22. The van der Waals surface area contributed by atoms with Crippen LogP contribution in [-0.4, -0.2) is 50.5 Å². The van der Waals surface area contributed by atoms with Crippen LogP contribution in [0, 0.1) is 5.41 Å². The molecule has 0 radical (unpaired) electrons. The van der Waals surface area contributed by atoms with Crippen LogP contribution >= 0.6 is 24.0 Å². The summed E-state index contributed by atoms with van der Waals surface area (Å²) in [5.74, 6) is 2.32. The number of nitrogens with one attached hydrogen (secondary N) is 2. The maximum atomic E-state index is 9.38. The third-order valence-electron chi connectivity index (χ3n) is 4.14. The number of hydrogen-bond donors (Lipinski definition) is 3. The van der Waals surface area contributed by atoms with Gasteiger partial charge in [-0.05, 0) is 38.8 Å². The third-order valence-corrected chi connectivity index (χ3v) is 4.14. The SMILES string of the molecule is CCNC(=NCC1(CO)CC1)NCC(C)Oc1cccc(OC)c1.I. The second-order valence-electron chi connectivity index (χ2n) is 6.34. The predicted molar refractivity (Wildman–Crippen MR) is 111 cm³/mol. The Balaban J connectivity index is 0.00000312. The van der Waals surface area contributed by atoms with Crippen molar-refractivity contribution in [1.29, 1.82) is 0 Å². The molecular weight excluding hydrogens is 433 g/mol. The number of aliphatic imine (C=N–C) groups is 1. The van der Waals surface area contributed by atoms with Crippen molar-refractivity contribution in [3.8, 4) is 11.5 Å². The Bertz CT molecular complexity index is 550. The van der Waals surface area contributed by atoms with Crippen LogP contribution in [0.1, 0.15) is 26.7 Å². The van der Waals surface area contributed by atoms with Crippen LogP contribution in [0.25, 0.3) is 0 Å². The number of methoxy groups -OCH3 is 1. The van der Waals surface area contributed by atoms with Gasteiger partial charge >= 0.3 is 0 Å². The van der Waals surface area contributed by atoms with Crippen LogP contribution in [0.2, 0.25) is 0 Å². The molecule has 0 aromatic heterocycles. The number of benzene rings is 1. The summed E-state index contributed by atoms with van der Waals surface area (Å²) in [6.07, 6.45) is 2.09. The molecule has 7 heteroatoms. The quantitative estimate of drug-likeness (QED) is 0.298. The highest BCUT2D eigenvalue weighted by atomic mass is 127. The molecule has 25 heavy (non-hydrogen) atoms. The second-order valence-corrected chi connectivity index (χ2v) is 6.34. The van der Waals surface area contributed by atoms with Gasteiger partial charge in [-0.15, -0.1) is 24.0 Å². The number of aliphatic hydroxyl groups excluding tert-OH is 1. The van der Waals surface area contributed by atoms with Gasteiger partial charge in [0, 0.05) is 18.0 Å². The van der Waals surface area contributed by atoms with Gasteiger partial charge in [0.15, 0.2) is 5.96 Å². The molecule has 0 heterocycles. The Morgan fingerprint density at radius 3 is 2.64 bits per heavy atom. The van der Waals surface area contributed by atoms with Gasteiger partial charge in [0.1, 0.15) is 17.6 Å².